The first-order valence-corrected chi connectivity index (χ1v) is 4.52. The van der Waals surface area contributed by atoms with Crippen LogP contribution in [0.15, 0.2) is 24.8 Å². The molecule has 0 aliphatic carbocycles. The van der Waals surface area contributed by atoms with Crippen molar-refractivity contribution in [3.63, 3.8) is 0 Å². The minimum Gasteiger partial charge on any atom is -0.324 e. The van der Waals surface area contributed by atoms with Crippen molar-refractivity contribution in [2.45, 2.75) is 19.4 Å². The maximum absolute atomic E-state index is 5.89. The highest BCUT2D eigenvalue weighted by Crippen LogP contribution is 2.18. The molecule has 0 aromatic carbocycles. The van der Waals surface area contributed by atoms with E-state index in [9.17, 15) is 0 Å². The molecule has 0 fully saturated rings. The van der Waals surface area contributed by atoms with Crippen molar-refractivity contribution in [3.8, 4) is 0 Å². The fourth-order valence-electron chi connectivity index (χ4n) is 1.18. The number of nitrogens with two attached hydrogens (primary N) is 1. The molecule has 1 rings (SSSR count). The van der Waals surface area contributed by atoms with Gasteiger partial charge in [-0.3, -0.25) is 0 Å². The van der Waals surface area contributed by atoms with Gasteiger partial charge in [0.25, 0.3) is 0 Å². The maximum atomic E-state index is 5.89. The van der Waals surface area contributed by atoms with Gasteiger partial charge in [0.15, 0.2) is 0 Å². The molecule has 0 radical (unpaired) electrons. The van der Waals surface area contributed by atoms with E-state index in [2.05, 4.69) is 11.6 Å². The summed E-state index contributed by atoms with van der Waals surface area (Å²) in [7, 11) is 0. The van der Waals surface area contributed by atoms with Crippen molar-refractivity contribution in [1.82, 2.24) is 4.98 Å². The van der Waals surface area contributed by atoms with E-state index in [4.69, 9.17) is 17.3 Å². The van der Waals surface area contributed by atoms with Crippen molar-refractivity contribution < 1.29 is 0 Å². The zero-order valence-corrected chi connectivity index (χ0v) is 8.38. The number of aryl methyl sites for hydroxylation is 1. The highest BCUT2D eigenvalue weighted by molar-refractivity contribution is 6.29. The fraction of sp³-hybridized carbons (Fsp3) is 0.300. The number of hydrogen-bond donors (Lipinski definition) is 1. The predicted molar refractivity (Wildman–Crippen MR) is 55.7 cm³/mol. The van der Waals surface area contributed by atoms with Crippen molar-refractivity contribution in [2.24, 2.45) is 5.73 Å². The molecule has 1 atom stereocenters. The molecular formula is C10H13ClN2. The van der Waals surface area contributed by atoms with Crippen LogP contribution < -0.4 is 5.73 Å². The molecule has 0 saturated carbocycles. The summed E-state index contributed by atoms with van der Waals surface area (Å²) in [6, 6.07) is 3.71. The number of hydrogen-bond acceptors (Lipinski definition) is 2. The zero-order valence-electron chi connectivity index (χ0n) is 7.63. The Labute approximate surface area is 83.4 Å². The molecule has 0 bridgehead atoms. The highest BCUT2D eigenvalue weighted by Gasteiger charge is 2.05. The highest BCUT2D eigenvalue weighted by atomic mass is 35.5. The molecule has 1 aromatic rings. The van der Waals surface area contributed by atoms with Gasteiger partial charge in [0.2, 0.25) is 0 Å². The maximum Gasteiger partial charge on any atom is 0.129 e. The summed E-state index contributed by atoms with van der Waals surface area (Å²) >= 11 is 5.80. The normalized spacial score (nSPS) is 12.5. The first-order chi connectivity index (χ1) is 6.13. The van der Waals surface area contributed by atoms with E-state index in [-0.39, 0.29) is 6.04 Å². The van der Waals surface area contributed by atoms with Gasteiger partial charge in [0.05, 0.1) is 0 Å². The average molecular weight is 197 g/mol. The summed E-state index contributed by atoms with van der Waals surface area (Å²) in [5, 5.41) is 0.495. The Morgan fingerprint density at radius 1 is 1.69 bits per heavy atom. The van der Waals surface area contributed by atoms with Crippen LogP contribution >= 0.6 is 11.6 Å². The van der Waals surface area contributed by atoms with E-state index in [0.29, 0.717) is 5.15 Å². The molecule has 1 aromatic heterocycles. The number of nitrogens with zero attached hydrogens (tertiary/aromatic N) is 1. The number of rotatable bonds is 3. The lowest BCUT2D eigenvalue weighted by atomic mass is 10.1. The Morgan fingerprint density at radius 3 is 2.92 bits per heavy atom. The first-order valence-electron chi connectivity index (χ1n) is 4.14. The standard InChI is InChI=1S/C10H13ClN2/c1-3-4-9(12)8-5-7(2)13-10(11)6-8/h3,5-6,9H,1,4,12H2,2H3/t9-/m0/s1. The summed E-state index contributed by atoms with van der Waals surface area (Å²) in [5.41, 5.74) is 7.79. The largest absolute Gasteiger partial charge is 0.324 e. The van der Waals surface area contributed by atoms with Crippen LogP contribution in [-0.4, -0.2) is 4.98 Å². The summed E-state index contributed by atoms with van der Waals surface area (Å²) < 4.78 is 0. The third kappa shape index (κ3) is 2.83. The molecular weight excluding hydrogens is 184 g/mol. The first kappa shape index (κ1) is 10.2. The number of halogens is 1. The van der Waals surface area contributed by atoms with Gasteiger partial charge in [-0.15, -0.1) is 6.58 Å². The van der Waals surface area contributed by atoms with E-state index < -0.39 is 0 Å². The van der Waals surface area contributed by atoms with Crippen LogP contribution in [0.25, 0.3) is 0 Å². The third-order valence-electron chi connectivity index (χ3n) is 1.79. The van der Waals surface area contributed by atoms with Crippen LogP contribution in [0.3, 0.4) is 0 Å². The van der Waals surface area contributed by atoms with Gasteiger partial charge in [-0.25, -0.2) is 4.98 Å². The molecule has 1 heterocycles. The third-order valence-corrected chi connectivity index (χ3v) is 1.99. The molecule has 0 aliphatic heterocycles. The lowest BCUT2D eigenvalue weighted by molar-refractivity contribution is 0.738. The van der Waals surface area contributed by atoms with Crippen LogP contribution in [0.4, 0.5) is 0 Å². The molecule has 3 heteroatoms. The molecule has 13 heavy (non-hydrogen) atoms. The van der Waals surface area contributed by atoms with Gasteiger partial charge in [0, 0.05) is 11.7 Å². The van der Waals surface area contributed by atoms with Crippen molar-refractivity contribution in [3.05, 3.63) is 41.2 Å². The Morgan fingerprint density at radius 2 is 2.38 bits per heavy atom. The van der Waals surface area contributed by atoms with Crippen LogP contribution in [0.2, 0.25) is 5.15 Å². The Hall–Kier alpha value is -0.860. The Bertz CT molecular complexity index is 290. The molecule has 2 N–H and O–H groups in total. The van der Waals surface area contributed by atoms with Crippen molar-refractivity contribution in [1.29, 1.82) is 0 Å². The van der Waals surface area contributed by atoms with E-state index >= 15 is 0 Å². The molecule has 0 spiro atoms. The van der Waals surface area contributed by atoms with Gasteiger partial charge in [-0.2, -0.15) is 0 Å². The molecule has 0 amide bonds. The minimum absolute atomic E-state index is 0.0308. The number of aromatic nitrogens is 1. The van der Waals surface area contributed by atoms with Gasteiger partial charge in [-0.1, -0.05) is 17.7 Å². The smallest absolute Gasteiger partial charge is 0.129 e. The summed E-state index contributed by atoms with van der Waals surface area (Å²) in [4.78, 5) is 4.06. The van der Waals surface area contributed by atoms with E-state index in [0.717, 1.165) is 17.7 Å². The quantitative estimate of drug-likeness (QED) is 0.596. The monoisotopic (exact) mass is 196 g/mol. The predicted octanol–water partition coefficient (Wildman–Crippen LogP) is 2.62. The van der Waals surface area contributed by atoms with Gasteiger partial charge >= 0.3 is 0 Å². The molecule has 0 unspecified atom stereocenters. The van der Waals surface area contributed by atoms with Gasteiger partial charge in [-0.05, 0) is 31.0 Å². The summed E-state index contributed by atoms with van der Waals surface area (Å²) in [5.74, 6) is 0. The topological polar surface area (TPSA) is 38.9 Å². The van der Waals surface area contributed by atoms with E-state index in [1.54, 1.807) is 12.1 Å². The van der Waals surface area contributed by atoms with Crippen molar-refractivity contribution in [2.75, 3.05) is 0 Å². The SMILES string of the molecule is C=CC[C@H](N)c1cc(C)nc(Cl)c1. The second kappa shape index (κ2) is 4.40. The summed E-state index contributed by atoms with van der Waals surface area (Å²) in [6.07, 6.45) is 2.55. The lowest BCUT2D eigenvalue weighted by Gasteiger charge is -2.10. The molecule has 0 saturated heterocycles. The van der Waals surface area contributed by atoms with Crippen LogP contribution in [0.5, 0.6) is 0 Å². The average Bonchev–Trinajstić information content (AvgIpc) is 2.03. The fourth-order valence-corrected chi connectivity index (χ4v) is 1.44. The Kier molecular flexibility index (Phi) is 3.46. The Balaban J connectivity index is 2.93. The second-order valence-corrected chi connectivity index (χ2v) is 3.38. The second-order valence-electron chi connectivity index (χ2n) is 3.00. The zero-order chi connectivity index (χ0) is 9.84. The van der Waals surface area contributed by atoms with Crippen molar-refractivity contribution >= 4 is 11.6 Å². The minimum atomic E-state index is -0.0308. The van der Waals surface area contributed by atoms with Crippen LogP contribution in [0, 0.1) is 6.92 Å². The lowest BCUT2D eigenvalue weighted by Crippen LogP contribution is -2.09. The van der Waals surface area contributed by atoms with Crippen LogP contribution in [-0.2, 0) is 0 Å². The van der Waals surface area contributed by atoms with Crippen LogP contribution in [0.1, 0.15) is 23.7 Å². The number of pyridine rings is 1. The summed E-state index contributed by atoms with van der Waals surface area (Å²) in [6.45, 7) is 5.54. The molecule has 0 aliphatic rings. The molecule has 2 nitrogen and oxygen atoms in total. The van der Waals surface area contributed by atoms with E-state index in [1.165, 1.54) is 0 Å². The molecule has 70 valence electrons. The van der Waals surface area contributed by atoms with E-state index in [1.807, 2.05) is 13.0 Å². The van der Waals surface area contributed by atoms with Gasteiger partial charge < -0.3 is 5.73 Å². The van der Waals surface area contributed by atoms with Gasteiger partial charge in [0.1, 0.15) is 5.15 Å².